The molecule has 1 fully saturated rings. The van der Waals surface area contributed by atoms with Crippen LogP contribution >= 0.6 is 0 Å². The molecule has 1 aliphatic carbocycles. The molecule has 1 saturated carbocycles. The second kappa shape index (κ2) is 5.65. The number of ether oxygens (including phenoxy) is 1. The molecule has 0 atom stereocenters. The Morgan fingerprint density at radius 1 is 1.28 bits per heavy atom. The molecule has 0 aromatic carbocycles. The molecule has 1 aliphatic rings. The second-order valence-electron chi connectivity index (χ2n) is 4.99. The first-order valence-electron chi connectivity index (χ1n) is 6.98. The van der Waals surface area contributed by atoms with Crippen molar-refractivity contribution in [2.45, 2.75) is 58.0 Å². The van der Waals surface area contributed by atoms with Crippen molar-refractivity contribution in [3.63, 3.8) is 0 Å². The summed E-state index contributed by atoms with van der Waals surface area (Å²) in [6.07, 6.45) is 6.40. The summed E-state index contributed by atoms with van der Waals surface area (Å²) in [5.41, 5.74) is 6.65. The van der Waals surface area contributed by atoms with Crippen LogP contribution in [0.1, 0.15) is 57.5 Å². The van der Waals surface area contributed by atoms with E-state index < -0.39 is 0 Å². The number of hydrogen-bond acceptors (Lipinski definition) is 4. The molecule has 18 heavy (non-hydrogen) atoms. The number of anilines is 1. The van der Waals surface area contributed by atoms with Crippen molar-refractivity contribution in [2.24, 2.45) is 0 Å². The standard InChI is InChI=1S/C14H23N3O/c1-3-7-11-10-12(15)17-13(16-11)14(18-4-2)8-5-6-9-14/h10H,3-9H2,1-2H3,(H2,15,16,17). The summed E-state index contributed by atoms with van der Waals surface area (Å²) in [6, 6.07) is 1.88. The SMILES string of the molecule is CCCc1cc(N)nc(C2(OCC)CCCC2)n1. The minimum Gasteiger partial charge on any atom is -0.384 e. The van der Waals surface area contributed by atoms with Crippen LogP contribution in [0.5, 0.6) is 0 Å². The summed E-state index contributed by atoms with van der Waals surface area (Å²) in [6.45, 7) is 4.87. The van der Waals surface area contributed by atoms with Crippen LogP contribution in [0.4, 0.5) is 5.82 Å². The lowest BCUT2D eigenvalue weighted by atomic mass is 10.0. The summed E-state index contributed by atoms with van der Waals surface area (Å²) >= 11 is 0. The molecule has 1 aromatic heterocycles. The molecule has 0 spiro atoms. The smallest absolute Gasteiger partial charge is 0.162 e. The van der Waals surface area contributed by atoms with Crippen LogP contribution in [-0.4, -0.2) is 16.6 Å². The number of nitrogen functional groups attached to an aromatic ring is 1. The largest absolute Gasteiger partial charge is 0.384 e. The van der Waals surface area contributed by atoms with Crippen molar-refractivity contribution in [1.29, 1.82) is 0 Å². The van der Waals surface area contributed by atoms with Gasteiger partial charge in [-0.05, 0) is 39.0 Å². The first-order chi connectivity index (χ1) is 8.70. The average Bonchev–Trinajstić information content (AvgIpc) is 2.79. The highest BCUT2D eigenvalue weighted by atomic mass is 16.5. The fraction of sp³-hybridized carbons (Fsp3) is 0.714. The first kappa shape index (κ1) is 13.3. The Balaban J connectivity index is 2.34. The van der Waals surface area contributed by atoms with E-state index in [0.717, 1.165) is 37.2 Å². The minimum absolute atomic E-state index is 0.285. The van der Waals surface area contributed by atoms with Gasteiger partial charge in [-0.1, -0.05) is 13.3 Å². The molecule has 0 unspecified atom stereocenters. The molecule has 0 saturated heterocycles. The number of aryl methyl sites for hydroxylation is 1. The van der Waals surface area contributed by atoms with Gasteiger partial charge in [0.25, 0.3) is 0 Å². The molecule has 2 rings (SSSR count). The second-order valence-corrected chi connectivity index (χ2v) is 4.99. The van der Waals surface area contributed by atoms with Gasteiger partial charge >= 0.3 is 0 Å². The lowest BCUT2D eigenvalue weighted by Crippen LogP contribution is -2.29. The van der Waals surface area contributed by atoms with E-state index in [2.05, 4.69) is 16.9 Å². The Bertz CT molecular complexity index is 400. The van der Waals surface area contributed by atoms with E-state index in [1.807, 2.05) is 13.0 Å². The van der Waals surface area contributed by atoms with Gasteiger partial charge in [-0.2, -0.15) is 0 Å². The molecule has 0 radical (unpaired) electrons. The zero-order chi connectivity index (χ0) is 13.0. The number of hydrogen-bond donors (Lipinski definition) is 1. The third-order valence-electron chi connectivity index (χ3n) is 3.54. The summed E-state index contributed by atoms with van der Waals surface area (Å²) < 4.78 is 5.98. The van der Waals surface area contributed by atoms with E-state index in [-0.39, 0.29) is 5.60 Å². The topological polar surface area (TPSA) is 61.0 Å². The molecular formula is C14H23N3O. The monoisotopic (exact) mass is 249 g/mol. The van der Waals surface area contributed by atoms with E-state index in [4.69, 9.17) is 10.5 Å². The third kappa shape index (κ3) is 2.64. The van der Waals surface area contributed by atoms with Gasteiger partial charge in [0.05, 0.1) is 0 Å². The highest BCUT2D eigenvalue weighted by Crippen LogP contribution is 2.40. The lowest BCUT2D eigenvalue weighted by molar-refractivity contribution is -0.0457. The van der Waals surface area contributed by atoms with Crippen molar-refractivity contribution in [3.05, 3.63) is 17.6 Å². The van der Waals surface area contributed by atoms with Gasteiger partial charge in [0.2, 0.25) is 0 Å². The predicted molar refractivity (Wildman–Crippen MR) is 72.2 cm³/mol. The van der Waals surface area contributed by atoms with Crippen LogP contribution in [0.15, 0.2) is 6.07 Å². The fourth-order valence-corrected chi connectivity index (χ4v) is 2.76. The summed E-state index contributed by atoms with van der Waals surface area (Å²) in [4.78, 5) is 9.11. The number of aromatic nitrogens is 2. The quantitative estimate of drug-likeness (QED) is 0.871. The summed E-state index contributed by atoms with van der Waals surface area (Å²) in [5.74, 6) is 1.36. The van der Waals surface area contributed by atoms with Crippen LogP contribution in [-0.2, 0) is 16.8 Å². The maximum atomic E-state index is 5.98. The lowest BCUT2D eigenvalue weighted by Gasteiger charge is -2.27. The molecule has 2 N–H and O–H groups in total. The van der Waals surface area contributed by atoms with Crippen LogP contribution < -0.4 is 5.73 Å². The van der Waals surface area contributed by atoms with Crippen molar-refractivity contribution < 1.29 is 4.74 Å². The normalized spacial score (nSPS) is 18.1. The van der Waals surface area contributed by atoms with Gasteiger partial charge in [0, 0.05) is 18.4 Å². The van der Waals surface area contributed by atoms with Gasteiger partial charge in [-0.15, -0.1) is 0 Å². The van der Waals surface area contributed by atoms with E-state index >= 15 is 0 Å². The van der Waals surface area contributed by atoms with Crippen molar-refractivity contribution >= 4 is 5.82 Å². The molecule has 4 nitrogen and oxygen atoms in total. The van der Waals surface area contributed by atoms with Crippen LogP contribution in [0.25, 0.3) is 0 Å². The fourth-order valence-electron chi connectivity index (χ4n) is 2.76. The van der Waals surface area contributed by atoms with E-state index in [1.165, 1.54) is 12.8 Å². The van der Waals surface area contributed by atoms with Crippen molar-refractivity contribution in [2.75, 3.05) is 12.3 Å². The predicted octanol–water partition coefficient (Wildman–Crippen LogP) is 2.82. The molecule has 100 valence electrons. The summed E-state index contributed by atoms with van der Waals surface area (Å²) in [5, 5.41) is 0. The van der Waals surface area contributed by atoms with E-state index in [1.54, 1.807) is 0 Å². The molecule has 0 aliphatic heterocycles. The summed E-state index contributed by atoms with van der Waals surface area (Å²) in [7, 11) is 0. The molecule has 0 amide bonds. The van der Waals surface area contributed by atoms with Crippen LogP contribution in [0.2, 0.25) is 0 Å². The van der Waals surface area contributed by atoms with Crippen LogP contribution in [0, 0.1) is 0 Å². The van der Waals surface area contributed by atoms with Crippen molar-refractivity contribution in [3.8, 4) is 0 Å². The van der Waals surface area contributed by atoms with Gasteiger partial charge in [-0.25, -0.2) is 9.97 Å². The van der Waals surface area contributed by atoms with Gasteiger partial charge in [0.1, 0.15) is 11.4 Å². The minimum atomic E-state index is -0.285. The Kier molecular flexibility index (Phi) is 4.17. The Morgan fingerprint density at radius 2 is 2.00 bits per heavy atom. The zero-order valence-electron chi connectivity index (χ0n) is 11.4. The molecular weight excluding hydrogens is 226 g/mol. The first-order valence-corrected chi connectivity index (χ1v) is 6.98. The van der Waals surface area contributed by atoms with Crippen LogP contribution in [0.3, 0.4) is 0 Å². The molecule has 0 bridgehead atoms. The Hall–Kier alpha value is -1.16. The van der Waals surface area contributed by atoms with E-state index in [0.29, 0.717) is 12.4 Å². The number of nitrogens with two attached hydrogens (primary N) is 1. The molecule has 1 aromatic rings. The Labute approximate surface area is 109 Å². The highest BCUT2D eigenvalue weighted by molar-refractivity contribution is 5.31. The number of rotatable bonds is 5. The third-order valence-corrected chi connectivity index (χ3v) is 3.54. The highest BCUT2D eigenvalue weighted by Gasteiger charge is 2.39. The maximum Gasteiger partial charge on any atom is 0.162 e. The Morgan fingerprint density at radius 3 is 2.61 bits per heavy atom. The van der Waals surface area contributed by atoms with E-state index in [9.17, 15) is 0 Å². The van der Waals surface area contributed by atoms with Crippen molar-refractivity contribution in [1.82, 2.24) is 9.97 Å². The van der Waals surface area contributed by atoms with Gasteiger partial charge in [-0.3, -0.25) is 0 Å². The van der Waals surface area contributed by atoms with Gasteiger partial charge in [0.15, 0.2) is 5.82 Å². The molecule has 1 heterocycles. The molecule has 4 heteroatoms. The zero-order valence-corrected chi connectivity index (χ0v) is 11.4. The number of nitrogens with zero attached hydrogens (tertiary/aromatic N) is 2. The maximum absolute atomic E-state index is 5.98. The van der Waals surface area contributed by atoms with Gasteiger partial charge < -0.3 is 10.5 Å². The average molecular weight is 249 g/mol.